The number of aromatic nitrogens is 1. The molecule has 0 aromatic carbocycles. The van der Waals surface area contributed by atoms with Crippen LogP contribution in [0.4, 0.5) is 11.6 Å². The first-order valence-corrected chi connectivity index (χ1v) is 4.96. The monoisotopic (exact) mass is 206 g/mol. The molecule has 80 valence electrons. The fraction of sp³-hybridized carbons (Fsp3) is 0.400. The van der Waals surface area contributed by atoms with Gasteiger partial charge in [-0.05, 0) is 12.1 Å². The summed E-state index contributed by atoms with van der Waals surface area (Å²) in [5, 5.41) is 8.95. The first-order chi connectivity index (χ1) is 7.28. The molecule has 0 spiro atoms. The van der Waals surface area contributed by atoms with Crippen LogP contribution >= 0.6 is 0 Å². The number of nitrogens with zero attached hydrogens (tertiary/aromatic N) is 1. The third kappa shape index (κ3) is 2.37. The second-order valence-corrected chi connectivity index (χ2v) is 3.51. The maximum Gasteiger partial charge on any atom is 0.222 e. The highest BCUT2D eigenvalue weighted by Crippen LogP contribution is 2.12. The molecule has 1 aromatic heterocycles. The zero-order valence-corrected chi connectivity index (χ0v) is 8.58. The van der Waals surface area contributed by atoms with Crippen molar-refractivity contribution in [2.45, 2.75) is 12.5 Å². The number of hydrogen-bond donors (Lipinski definition) is 3. The molecule has 1 aliphatic rings. The van der Waals surface area contributed by atoms with Crippen molar-refractivity contribution in [3.05, 3.63) is 18.2 Å². The van der Waals surface area contributed by atoms with E-state index < -0.39 is 0 Å². The van der Waals surface area contributed by atoms with Crippen LogP contribution in [-0.4, -0.2) is 30.5 Å². The summed E-state index contributed by atoms with van der Waals surface area (Å²) in [4.78, 5) is 15.3. The molecule has 1 fully saturated rings. The van der Waals surface area contributed by atoms with E-state index in [-0.39, 0.29) is 11.9 Å². The summed E-state index contributed by atoms with van der Waals surface area (Å²) in [6, 6.07) is 5.86. The van der Waals surface area contributed by atoms with E-state index in [9.17, 15) is 4.79 Å². The van der Waals surface area contributed by atoms with Gasteiger partial charge in [0, 0.05) is 20.0 Å². The highest BCUT2D eigenvalue weighted by molar-refractivity contribution is 5.79. The van der Waals surface area contributed by atoms with Crippen molar-refractivity contribution in [1.29, 1.82) is 0 Å². The number of hydrogen-bond acceptors (Lipinski definition) is 4. The molecule has 0 bridgehead atoms. The number of carbonyl (C=O) groups excluding carboxylic acids is 1. The molecule has 5 nitrogen and oxygen atoms in total. The smallest absolute Gasteiger partial charge is 0.222 e. The second kappa shape index (κ2) is 4.16. The summed E-state index contributed by atoms with van der Waals surface area (Å²) >= 11 is 0. The van der Waals surface area contributed by atoms with Crippen LogP contribution in [0.2, 0.25) is 0 Å². The van der Waals surface area contributed by atoms with Crippen LogP contribution in [0.15, 0.2) is 18.2 Å². The van der Waals surface area contributed by atoms with Gasteiger partial charge in [0.25, 0.3) is 0 Å². The largest absolute Gasteiger partial charge is 0.373 e. The summed E-state index contributed by atoms with van der Waals surface area (Å²) in [7, 11) is 1.83. The highest BCUT2D eigenvalue weighted by Gasteiger charge is 2.21. The SMILES string of the molecule is CNc1cccc(NC2CNC(=O)C2)n1. The van der Waals surface area contributed by atoms with Gasteiger partial charge in [-0.15, -0.1) is 0 Å². The zero-order chi connectivity index (χ0) is 10.7. The van der Waals surface area contributed by atoms with Gasteiger partial charge in [-0.25, -0.2) is 4.98 Å². The third-order valence-electron chi connectivity index (χ3n) is 2.33. The Balaban J connectivity index is 2.01. The Morgan fingerprint density at radius 3 is 2.93 bits per heavy atom. The van der Waals surface area contributed by atoms with Crippen molar-refractivity contribution < 1.29 is 4.79 Å². The molecule has 1 amide bonds. The van der Waals surface area contributed by atoms with Crippen LogP contribution in [-0.2, 0) is 4.79 Å². The van der Waals surface area contributed by atoms with Gasteiger partial charge in [-0.2, -0.15) is 0 Å². The van der Waals surface area contributed by atoms with Gasteiger partial charge in [0.1, 0.15) is 11.6 Å². The Kier molecular flexibility index (Phi) is 2.71. The maximum atomic E-state index is 11.0. The lowest BCUT2D eigenvalue weighted by molar-refractivity contribution is -0.119. The average molecular weight is 206 g/mol. The van der Waals surface area contributed by atoms with Gasteiger partial charge >= 0.3 is 0 Å². The highest BCUT2D eigenvalue weighted by atomic mass is 16.1. The molecule has 2 heterocycles. The molecule has 2 rings (SSSR count). The Hall–Kier alpha value is -1.78. The second-order valence-electron chi connectivity index (χ2n) is 3.51. The topological polar surface area (TPSA) is 66.0 Å². The molecular formula is C10H14N4O. The first-order valence-electron chi connectivity index (χ1n) is 4.96. The van der Waals surface area contributed by atoms with Gasteiger partial charge < -0.3 is 16.0 Å². The van der Waals surface area contributed by atoms with Gasteiger partial charge in [-0.1, -0.05) is 6.07 Å². The van der Waals surface area contributed by atoms with E-state index in [1.165, 1.54) is 0 Å². The van der Waals surface area contributed by atoms with Crippen molar-refractivity contribution in [2.75, 3.05) is 24.2 Å². The van der Waals surface area contributed by atoms with Crippen LogP contribution in [0, 0.1) is 0 Å². The third-order valence-corrected chi connectivity index (χ3v) is 2.33. The Morgan fingerprint density at radius 1 is 1.47 bits per heavy atom. The van der Waals surface area contributed by atoms with Gasteiger partial charge in [0.05, 0.1) is 6.04 Å². The lowest BCUT2D eigenvalue weighted by atomic mass is 10.2. The number of anilines is 2. The standard InChI is InChI=1S/C10H14N4O/c1-11-8-3-2-4-9(14-8)13-7-5-10(15)12-6-7/h2-4,7H,5-6H2,1H3,(H,12,15)(H2,11,13,14). The average Bonchev–Trinajstić information content (AvgIpc) is 2.64. The van der Waals surface area contributed by atoms with E-state index in [1.807, 2.05) is 25.2 Å². The van der Waals surface area contributed by atoms with Crippen molar-refractivity contribution in [2.24, 2.45) is 0 Å². The fourth-order valence-corrected chi connectivity index (χ4v) is 1.57. The molecule has 1 atom stereocenters. The number of nitrogens with one attached hydrogen (secondary N) is 3. The van der Waals surface area contributed by atoms with Crippen LogP contribution in [0.1, 0.15) is 6.42 Å². The van der Waals surface area contributed by atoms with Gasteiger partial charge in [-0.3, -0.25) is 4.79 Å². The van der Waals surface area contributed by atoms with Crippen LogP contribution in [0.3, 0.4) is 0 Å². The predicted molar refractivity (Wildman–Crippen MR) is 58.8 cm³/mol. The quantitative estimate of drug-likeness (QED) is 0.670. The molecule has 0 saturated carbocycles. The van der Waals surface area contributed by atoms with E-state index in [0.717, 1.165) is 11.6 Å². The van der Waals surface area contributed by atoms with Gasteiger partial charge in [0.2, 0.25) is 5.91 Å². The molecular weight excluding hydrogens is 192 g/mol. The minimum Gasteiger partial charge on any atom is -0.373 e. The van der Waals surface area contributed by atoms with E-state index in [4.69, 9.17) is 0 Å². The first kappa shape index (κ1) is 9.76. The van der Waals surface area contributed by atoms with Crippen molar-refractivity contribution in [1.82, 2.24) is 10.3 Å². The van der Waals surface area contributed by atoms with Crippen LogP contribution in [0.25, 0.3) is 0 Å². The Bertz CT molecular complexity index is 366. The van der Waals surface area contributed by atoms with Gasteiger partial charge in [0.15, 0.2) is 0 Å². The minimum atomic E-state index is 0.0947. The lowest BCUT2D eigenvalue weighted by Crippen LogP contribution is -2.22. The maximum absolute atomic E-state index is 11.0. The molecule has 1 aromatic rings. The molecule has 0 radical (unpaired) electrons. The lowest BCUT2D eigenvalue weighted by Gasteiger charge is -2.11. The number of pyridine rings is 1. The number of rotatable bonds is 3. The van der Waals surface area contributed by atoms with E-state index in [0.29, 0.717) is 13.0 Å². The zero-order valence-electron chi connectivity index (χ0n) is 8.58. The van der Waals surface area contributed by atoms with Crippen LogP contribution < -0.4 is 16.0 Å². The summed E-state index contributed by atoms with van der Waals surface area (Å²) in [5.74, 6) is 1.71. The summed E-state index contributed by atoms with van der Waals surface area (Å²) in [6.45, 7) is 0.671. The fourth-order valence-electron chi connectivity index (χ4n) is 1.57. The van der Waals surface area contributed by atoms with E-state index >= 15 is 0 Å². The van der Waals surface area contributed by atoms with Crippen molar-refractivity contribution >= 4 is 17.5 Å². The van der Waals surface area contributed by atoms with E-state index in [2.05, 4.69) is 20.9 Å². The minimum absolute atomic E-state index is 0.0947. The number of amides is 1. The summed E-state index contributed by atoms with van der Waals surface area (Å²) in [6.07, 6.45) is 0.519. The van der Waals surface area contributed by atoms with Crippen molar-refractivity contribution in [3.8, 4) is 0 Å². The Morgan fingerprint density at radius 2 is 2.27 bits per heavy atom. The molecule has 3 N–H and O–H groups in total. The van der Waals surface area contributed by atoms with Crippen LogP contribution in [0.5, 0.6) is 0 Å². The summed E-state index contributed by atoms with van der Waals surface area (Å²) in [5.41, 5.74) is 0. The normalized spacial score (nSPS) is 19.8. The Labute approximate surface area is 88.3 Å². The molecule has 1 unspecified atom stereocenters. The van der Waals surface area contributed by atoms with Crippen molar-refractivity contribution in [3.63, 3.8) is 0 Å². The number of carbonyl (C=O) groups is 1. The molecule has 0 aliphatic carbocycles. The summed E-state index contributed by atoms with van der Waals surface area (Å²) < 4.78 is 0. The predicted octanol–water partition coefficient (Wildman–Crippen LogP) is 0.424. The van der Waals surface area contributed by atoms with E-state index in [1.54, 1.807) is 0 Å². The molecule has 5 heteroatoms. The molecule has 1 saturated heterocycles. The molecule has 1 aliphatic heterocycles. The molecule has 15 heavy (non-hydrogen) atoms.